The molecule has 0 aliphatic rings. The Morgan fingerprint density at radius 1 is 1.25 bits per heavy atom. The number of hydrogen-bond donors (Lipinski definition) is 2. The van der Waals surface area contributed by atoms with E-state index >= 15 is 0 Å². The van der Waals surface area contributed by atoms with Crippen LogP contribution in [-0.4, -0.2) is 12.2 Å². The van der Waals surface area contributed by atoms with E-state index in [0.29, 0.717) is 18.2 Å². The number of ether oxygens (including phenoxy) is 1. The quantitative estimate of drug-likeness (QED) is 0.825. The Labute approximate surface area is 131 Å². The molecule has 20 heavy (non-hydrogen) atoms. The van der Waals surface area contributed by atoms with E-state index in [1.165, 1.54) is 0 Å². The Balaban J connectivity index is 2.19. The molecule has 0 saturated carbocycles. The number of aromatic hydroxyl groups is 1. The number of nitrogens with one attached hydrogen (secondary N) is 1. The first kappa shape index (κ1) is 15.2. The number of benzene rings is 2. The van der Waals surface area contributed by atoms with Gasteiger partial charge in [0.2, 0.25) is 0 Å². The van der Waals surface area contributed by atoms with E-state index in [4.69, 9.17) is 16.3 Å². The fraction of sp³-hybridized carbons (Fsp3) is 0.200. The molecule has 0 aliphatic heterocycles. The molecule has 2 N–H and O–H groups in total. The van der Waals surface area contributed by atoms with Crippen LogP contribution in [0.2, 0.25) is 5.02 Å². The average Bonchev–Trinajstić information content (AvgIpc) is 2.44. The van der Waals surface area contributed by atoms with Crippen LogP contribution in [0.15, 0.2) is 40.9 Å². The van der Waals surface area contributed by atoms with Gasteiger partial charge in [0.15, 0.2) is 0 Å². The van der Waals surface area contributed by atoms with Gasteiger partial charge in [0, 0.05) is 34.9 Å². The fourth-order valence-corrected chi connectivity index (χ4v) is 2.58. The Hall–Kier alpha value is -1.23. The summed E-state index contributed by atoms with van der Waals surface area (Å²) in [7, 11) is 1.66. The van der Waals surface area contributed by atoms with Crippen LogP contribution in [0, 0.1) is 0 Å². The van der Waals surface area contributed by atoms with Crippen molar-refractivity contribution in [1.82, 2.24) is 0 Å². The van der Waals surface area contributed by atoms with Crippen molar-refractivity contribution in [2.24, 2.45) is 0 Å². The van der Waals surface area contributed by atoms with Crippen LogP contribution in [0.4, 0.5) is 5.69 Å². The first-order valence-corrected chi connectivity index (χ1v) is 7.27. The second kappa shape index (κ2) is 6.97. The van der Waals surface area contributed by atoms with Crippen molar-refractivity contribution in [3.63, 3.8) is 0 Å². The van der Waals surface area contributed by atoms with E-state index in [1.54, 1.807) is 13.2 Å². The third-order valence-corrected chi connectivity index (χ3v) is 4.00. The number of anilines is 1. The highest BCUT2D eigenvalue weighted by Gasteiger charge is 2.08. The third-order valence-electron chi connectivity index (χ3n) is 2.95. The smallest absolute Gasteiger partial charge is 0.139 e. The SMILES string of the molecule is COCc1c(Br)cccc1NCc1cccc(Cl)c1O. The fourth-order valence-electron chi connectivity index (χ4n) is 1.91. The summed E-state index contributed by atoms with van der Waals surface area (Å²) in [5, 5.41) is 13.5. The van der Waals surface area contributed by atoms with Crippen LogP contribution in [0.5, 0.6) is 5.75 Å². The summed E-state index contributed by atoms with van der Waals surface area (Å²) in [5.74, 6) is 0.116. The Morgan fingerprint density at radius 2 is 2.00 bits per heavy atom. The molecule has 0 saturated heterocycles. The predicted molar refractivity (Wildman–Crippen MR) is 85.3 cm³/mol. The molecule has 0 bridgehead atoms. The predicted octanol–water partition coefficient (Wildman–Crippen LogP) is 4.57. The lowest BCUT2D eigenvalue weighted by molar-refractivity contribution is 0.185. The molecule has 0 aliphatic carbocycles. The van der Waals surface area contributed by atoms with Gasteiger partial charge in [0.1, 0.15) is 5.75 Å². The molecule has 2 rings (SSSR count). The van der Waals surface area contributed by atoms with E-state index in [0.717, 1.165) is 21.3 Å². The zero-order valence-corrected chi connectivity index (χ0v) is 13.3. The molecule has 0 atom stereocenters. The van der Waals surface area contributed by atoms with Crippen molar-refractivity contribution in [1.29, 1.82) is 0 Å². The van der Waals surface area contributed by atoms with Crippen LogP contribution in [0.3, 0.4) is 0 Å². The summed E-state index contributed by atoms with van der Waals surface area (Å²) in [4.78, 5) is 0. The molecule has 3 nitrogen and oxygen atoms in total. The van der Waals surface area contributed by atoms with Gasteiger partial charge in [-0.15, -0.1) is 0 Å². The average molecular weight is 357 g/mol. The number of phenols is 1. The number of methoxy groups -OCH3 is 1. The number of halogens is 2. The second-order valence-electron chi connectivity index (χ2n) is 4.30. The largest absolute Gasteiger partial charge is 0.506 e. The maximum atomic E-state index is 9.90. The molecule has 0 aromatic heterocycles. The van der Waals surface area contributed by atoms with Gasteiger partial charge in [-0.2, -0.15) is 0 Å². The minimum atomic E-state index is 0.116. The first-order chi connectivity index (χ1) is 9.63. The maximum Gasteiger partial charge on any atom is 0.139 e. The van der Waals surface area contributed by atoms with Crippen molar-refractivity contribution < 1.29 is 9.84 Å². The Bertz CT molecular complexity index is 604. The van der Waals surface area contributed by atoms with Gasteiger partial charge in [-0.3, -0.25) is 0 Å². The Morgan fingerprint density at radius 3 is 2.75 bits per heavy atom. The van der Waals surface area contributed by atoms with E-state index < -0.39 is 0 Å². The molecule has 0 fully saturated rings. The van der Waals surface area contributed by atoms with E-state index in [9.17, 15) is 5.11 Å². The second-order valence-corrected chi connectivity index (χ2v) is 5.56. The van der Waals surface area contributed by atoms with Crippen LogP contribution in [0.25, 0.3) is 0 Å². The van der Waals surface area contributed by atoms with Gasteiger partial charge < -0.3 is 15.2 Å². The molecule has 2 aromatic rings. The summed E-state index contributed by atoms with van der Waals surface area (Å²) in [6.45, 7) is 0.991. The molecular weight excluding hydrogens is 342 g/mol. The lowest BCUT2D eigenvalue weighted by atomic mass is 10.1. The zero-order chi connectivity index (χ0) is 14.5. The number of para-hydroxylation sites is 1. The highest BCUT2D eigenvalue weighted by Crippen LogP contribution is 2.29. The maximum absolute atomic E-state index is 9.90. The van der Waals surface area contributed by atoms with Crippen molar-refractivity contribution in [2.75, 3.05) is 12.4 Å². The molecule has 0 amide bonds. The molecule has 106 valence electrons. The standard InChI is InChI=1S/C15H15BrClNO2/c1-20-9-11-12(16)5-3-7-14(11)18-8-10-4-2-6-13(17)15(10)19/h2-7,18-19H,8-9H2,1H3. The lowest BCUT2D eigenvalue weighted by Crippen LogP contribution is -2.04. The summed E-state index contributed by atoms with van der Waals surface area (Å²) in [6, 6.07) is 11.2. The summed E-state index contributed by atoms with van der Waals surface area (Å²) in [5.41, 5.74) is 2.75. The van der Waals surface area contributed by atoms with Crippen LogP contribution in [-0.2, 0) is 17.9 Å². The van der Waals surface area contributed by atoms with Crippen LogP contribution < -0.4 is 5.32 Å². The zero-order valence-electron chi connectivity index (χ0n) is 11.0. The number of rotatable bonds is 5. The van der Waals surface area contributed by atoms with Crippen molar-refractivity contribution in [2.45, 2.75) is 13.2 Å². The summed E-state index contributed by atoms with van der Waals surface area (Å²) < 4.78 is 6.19. The molecule has 0 heterocycles. The highest BCUT2D eigenvalue weighted by molar-refractivity contribution is 9.10. The van der Waals surface area contributed by atoms with Gasteiger partial charge in [-0.05, 0) is 18.2 Å². The van der Waals surface area contributed by atoms with Gasteiger partial charge >= 0.3 is 0 Å². The molecule has 2 aromatic carbocycles. The van der Waals surface area contributed by atoms with Crippen molar-refractivity contribution in [3.8, 4) is 5.75 Å². The van der Waals surface area contributed by atoms with Gasteiger partial charge in [0.05, 0.1) is 11.6 Å². The van der Waals surface area contributed by atoms with E-state index in [1.807, 2.05) is 30.3 Å². The third kappa shape index (κ3) is 3.45. The van der Waals surface area contributed by atoms with Crippen LogP contribution in [0.1, 0.15) is 11.1 Å². The molecule has 0 spiro atoms. The van der Waals surface area contributed by atoms with E-state index in [2.05, 4.69) is 21.2 Å². The van der Waals surface area contributed by atoms with Gasteiger partial charge in [0.25, 0.3) is 0 Å². The molecule has 5 heteroatoms. The molecule has 0 unspecified atom stereocenters. The monoisotopic (exact) mass is 355 g/mol. The van der Waals surface area contributed by atoms with E-state index in [-0.39, 0.29) is 5.75 Å². The minimum absolute atomic E-state index is 0.116. The topological polar surface area (TPSA) is 41.5 Å². The van der Waals surface area contributed by atoms with Gasteiger partial charge in [-0.1, -0.05) is 45.7 Å². The summed E-state index contributed by atoms with van der Waals surface area (Å²) in [6.07, 6.45) is 0. The lowest BCUT2D eigenvalue weighted by Gasteiger charge is -2.14. The van der Waals surface area contributed by atoms with Crippen molar-refractivity contribution >= 4 is 33.2 Å². The number of hydrogen-bond acceptors (Lipinski definition) is 3. The highest BCUT2D eigenvalue weighted by atomic mass is 79.9. The van der Waals surface area contributed by atoms with Gasteiger partial charge in [-0.25, -0.2) is 0 Å². The molecule has 0 radical (unpaired) electrons. The first-order valence-electron chi connectivity index (χ1n) is 6.10. The normalized spacial score (nSPS) is 10.6. The Kier molecular flexibility index (Phi) is 5.29. The number of phenolic OH excluding ortho intramolecular Hbond substituents is 1. The minimum Gasteiger partial charge on any atom is -0.506 e. The van der Waals surface area contributed by atoms with Crippen molar-refractivity contribution in [3.05, 3.63) is 57.0 Å². The van der Waals surface area contributed by atoms with Crippen LogP contribution >= 0.6 is 27.5 Å². The summed E-state index contributed by atoms with van der Waals surface area (Å²) >= 11 is 9.41. The molecular formula is C15H15BrClNO2.